The predicted octanol–water partition coefficient (Wildman–Crippen LogP) is 27.9. The molecule has 0 N–H and O–H groups in total. The number of thiophene rings is 1. The first-order valence-corrected chi connectivity index (χ1v) is 37.9. The van der Waals surface area contributed by atoms with E-state index in [1.807, 2.05) is 72.4 Å². The zero-order chi connectivity index (χ0) is 72.3. The number of hydrogen-bond donors (Lipinski definition) is 0. The molecule has 24 aromatic rings. The Balaban J connectivity index is 0.000000106. The third-order valence-electron chi connectivity index (χ3n) is 22.0. The van der Waals surface area contributed by atoms with Gasteiger partial charge in [-0.05, 0) is 156 Å². The molecule has 24 rings (SSSR count). The van der Waals surface area contributed by atoms with Crippen LogP contribution in [0.1, 0.15) is 0 Å². The van der Waals surface area contributed by atoms with Crippen LogP contribution >= 0.6 is 11.3 Å². The molecule has 16 aromatic carbocycles. The van der Waals surface area contributed by atoms with Crippen LogP contribution in [0.5, 0.6) is 0 Å². The first kappa shape index (κ1) is 62.9. The molecule has 0 bridgehead atoms. The van der Waals surface area contributed by atoms with Gasteiger partial charge in [0.25, 0.3) is 0 Å². The second kappa shape index (κ2) is 25.7. The topological polar surface area (TPSA) is 90.5 Å². The Morgan fingerprint density at radius 1 is 0.200 bits per heavy atom. The van der Waals surface area contributed by atoms with E-state index in [0.29, 0.717) is 0 Å². The van der Waals surface area contributed by atoms with Crippen LogP contribution in [0.2, 0.25) is 0 Å². The maximum atomic E-state index is 6.18. The van der Waals surface area contributed by atoms with Crippen molar-refractivity contribution < 1.29 is 4.42 Å². The summed E-state index contributed by atoms with van der Waals surface area (Å²) in [6, 6.07) is 123. The smallest absolute Gasteiger partial charge is 0.136 e. The van der Waals surface area contributed by atoms with Crippen LogP contribution in [0.4, 0.5) is 0 Å². The van der Waals surface area contributed by atoms with Gasteiger partial charge in [0, 0.05) is 115 Å². The standard InChI is InChI=1S/C46H28N2.C28H16N2O.C28H16N2S/c1-2-9-31-26-32(16-15-29(31)8-1)33-17-18-35-28-36(20-19-34(35)27-33)37-23-24-40(39-12-4-3-11-38(37)39)44-41-13-5-6-14-43(41)48-46-42(44)22-21-30-10-7-25-47-45(30)46;2*1-3-9-23-21(8-1)26(22-14-11-17-6-5-15-29-27(17)28(22)30-23)18-12-13-20-19-7-2-4-10-24(19)31-25(20)16-18/h1-28H;2*1-16H. The van der Waals surface area contributed by atoms with Crippen LogP contribution in [0, 0.1) is 0 Å². The fraction of sp³-hybridized carbons (Fsp3) is 0. The van der Waals surface area contributed by atoms with Crippen LogP contribution in [0.3, 0.4) is 0 Å². The molecule has 0 atom stereocenters. The lowest BCUT2D eigenvalue weighted by Crippen LogP contribution is -1.93. The molecule has 0 unspecified atom stereocenters. The fourth-order valence-electron chi connectivity index (χ4n) is 16.9. The van der Waals surface area contributed by atoms with Gasteiger partial charge < -0.3 is 4.42 Å². The zero-order valence-electron chi connectivity index (χ0n) is 59.1. The normalized spacial score (nSPS) is 11.8. The van der Waals surface area contributed by atoms with Crippen molar-refractivity contribution in [2.45, 2.75) is 0 Å². The molecule has 510 valence electrons. The highest BCUT2D eigenvalue weighted by molar-refractivity contribution is 7.25. The predicted molar refractivity (Wildman–Crippen MR) is 464 cm³/mol. The van der Waals surface area contributed by atoms with Gasteiger partial charge >= 0.3 is 0 Å². The van der Waals surface area contributed by atoms with Crippen molar-refractivity contribution >= 4 is 184 Å². The molecule has 0 aliphatic heterocycles. The SMILES string of the molecule is c1ccc2cc(-c3ccc4cc(-c5ccc(-c6c7ccccc7nc7c6ccc6cccnc67)c6ccccc56)ccc4c3)ccc2c1.c1cnc2c(c1)ccc1c(-c3ccc4c(c3)oc3ccccc34)c3ccccc3nc12.c1cnc2c(c1)ccc1c(-c3ccc4c(c3)sc3ccccc34)c3ccccc3nc12. The van der Waals surface area contributed by atoms with Gasteiger partial charge in [-0.2, -0.15) is 0 Å². The number of pyridine rings is 6. The van der Waals surface area contributed by atoms with Gasteiger partial charge in [-0.15, -0.1) is 11.3 Å². The lowest BCUT2D eigenvalue weighted by molar-refractivity contribution is 0.669. The monoisotopic (exact) mass is 1420 g/mol. The van der Waals surface area contributed by atoms with E-state index in [9.17, 15) is 0 Å². The molecule has 0 amide bonds. The molecular weight excluding hydrogens is 1360 g/mol. The third-order valence-corrected chi connectivity index (χ3v) is 23.2. The number of fused-ring (bicyclic) bond motifs is 21. The molecule has 8 heterocycles. The fourth-order valence-corrected chi connectivity index (χ4v) is 18.0. The van der Waals surface area contributed by atoms with Crippen LogP contribution in [-0.2, 0) is 0 Å². The highest BCUT2D eigenvalue weighted by atomic mass is 32.1. The van der Waals surface area contributed by atoms with E-state index in [1.54, 1.807) is 0 Å². The average molecular weight is 1420 g/mol. The number of aromatic nitrogens is 6. The Morgan fingerprint density at radius 2 is 0.573 bits per heavy atom. The molecule has 110 heavy (non-hydrogen) atoms. The molecule has 7 nitrogen and oxygen atoms in total. The summed E-state index contributed by atoms with van der Waals surface area (Å²) < 4.78 is 8.82. The summed E-state index contributed by atoms with van der Waals surface area (Å²) in [5.41, 5.74) is 22.4. The third kappa shape index (κ3) is 10.5. The van der Waals surface area contributed by atoms with Crippen LogP contribution in [-0.4, -0.2) is 29.9 Å². The molecular formula is C102H60N6OS. The molecule has 0 aliphatic carbocycles. The number of hydrogen-bond acceptors (Lipinski definition) is 8. The van der Waals surface area contributed by atoms with Crippen molar-refractivity contribution in [1.29, 1.82) is 0 Å². The summed E-state index contributed by atoms with van der Waals surface area (Å²) in [4.78, 5) is 29.3. The molecule has 0 radical (unpaired) electrons. The lowest BCUT2D eigenvalue weighted by Gasteiger charge is -2.17. The highest BCUT2D eigenvalue weighted by Crippen LogP contribution is 2.46. The van der Waals surface area contributed by atoms with E-state index in [-0.39, 0.29) is 0 Å². The number of furan rings is 1. The van der Waals surface area contributed by atoms with E-state index in [4.69, 9.17) is 24.4 Å². The maximum absolute atomic E-state index is 6.18. The lowest BCUT2D eigenvalue weighted by atomic mass is 9.88. The Hall–Kier alpha value is -14.4. The minimum atomic E-state index is 0.895. The average Bonchev–Trinajstić information content (AvgIpc) is 0.905. The first-order valence-electron chi connectivity index (χ1n) is 37.1. The van der Waals surface area contributed by atoms with Crippen LogP contribution < -0.4 is 0 Å². The van der Waals surface area contributed by atoms with E-state index < -0.39 is 0 Å². The zero-order valence-corrected chi connectivity index (χ0v) is 60.0. The largest absolute Gasteiger partial charge is 0.456 e. The van der Waals surface area contributed by atoms with Crippen LogP contribution in [0.25, 0.3) is 228 Å². The Morgan fingerprint density at radius 3 is 1.16 bits per heavy atom. The number of para-hydroxylation sites is 4. The second-order valence-electron chi connectivity index (χ2n) is 28.3. The maximum Gasteiger partial charge on any atom is 0.136 e. The number of nitrogens with zero attached hydrogens (tertiary/aromatic N) is 6. The Bertz CT molecular complexity index is 7690. The summed E-state index contributed by atoms with van der Waals surface area (Å²) in [7, 11) is 0. The minimum absolute atomic E-state index is 0.895. The number of benzene rings is 16. The molecule has 0 aliphatic rings. The van der Waals surface area contributed by atoms with Crippen molar-refractivity contribution in [1.82, 2.24) is 29.9 Å². The summed E-state index contributed by atoms with van der Waals surface area (Å²) in [6.07, 6.45) is 5.54. The molecule has 0 saturated carbocycles. The molecule has 8 aromatic heterocycles. The Labute approximate surface area is 634 Å². The molecule has 0 saturated heterocycles. The van der Waals surface area contributed by atoms with E-state index >= 15 is 0 Å². The van der Waals surface area contributed by atoms with Gasteiger partial charge in [0.15, 0.2) is 0 Å². The Kier molecular flexibility index (Phi) is 14.7. The summed E-state index contributed by atoms with van der Waals surface area (Å²) in [6.45, 7) is 0. The summed E-state index contributed by atoms with van der Waals surface area (Å²) in [5, 5.41) is 22.5. The molecule has 8 heteroatoms. The first-order chi connectivity index (χ1) is 54.5. The summed E-state index contributed by atoms with van der Waals surface area (Å²) in [5.74, 6) is 0. The minimum Gasteiger partial charge on any atom is -0.456 e. The van der Waals surface area contributed by atoms with Crippen molar-refractivity contribution in [2.24, 2.45) is 0 Å². The van der Waals surface area contributed by atoms with Gasteiger partial charge in [-0.3, -0.25) is 15.0 Å². The van der Waals surface area contributed by atoms with Gasteiger partial charge in [0.2, 0.25) is 0 Å². The molecule has 0 fully saturated rings. The van der Waals surface area contributed by atoms with Gasteiger partial charge in [-0.1, -0.05) is 261 Å². The van der Waals surface area contributed by atoms with E-state index in [1.165, 1.54) is 102 Å². The quantitative estimate of drug-likeness (QED) is 0.125. The van der Waals surface area contributed by atoms with Crippen molar-refractivity contribution in [3.63, 3.8) is 0 Å². The molecule has 0 spiro atoms. The van der Waals surface area contributed by atoms with Gasteiger partial charge in [0.1, 0.15) is 11.2 Å². The van der Waals surface area contributed by atoms with Crippen LogP contribution in [0.15, 0.2) is 369 Å². The highest BCUT2D eigenvalue weighted by Gasteiger charge is 2.21. The van der Waals surface area contributed by atoms with Gasteiger partial charge in [0.05, 0.1) is 49.7 Å². The van der Waals surface area contributed by atoms with Crippen molar-refractivity contribution in [2.75, 3.05) is 0 Å². The van der Waals surface area contributed by atoms with E-state index in [2.05, 4.69) is 313 Å². The van der Waals surface area contributed by atoms with Crippen molar-refractivity contribution in [3.05, 3.63) is 364 Å². The second-order valence-corrected chi connectivity index (χ2v) is 29.4. The van der Waals surface area contributed by atoms with Crippen molar-refractivity contribution in [3.8, 4) is 55.6 Å². The summed E-state index contributed by atoms with van der Waals surface area (Å²) >= 11 is 1.86. The van der Waals surface area contributed by atoms with E-state index in [0.717, 1.165) is 126 Å². The van der Waals surface area contributed by atoms with Gasteiger partial charge in [-0.25, -0.2) is 15.0 Å². The number of rotatable bonds is 5.